The maximum absolute atomic E-state index is 12.4. The van der Waals surface area contributed by atoms with Crippen LogP contribution in [0.4, 0.5) is 0 Å². The van der Waals surface area contributed by atoms with E-state index in [1.165, 1.54) is 0 Å². The van der Waals surface area contributed by atoms with E-state index in [-0.39, 0.29) is 35.8 Å². The molecular weight excluding hydrogens is 368 g/mol. The van der Waals surface area contributed by atoms with Crippen molar-refractivity contribution in [3.05, 3.63) is 77.4 Å². The molecule has 3 rings (SSSR count). The number of amides is 2. The predicted molar refractivity (Wildman–Crippen MR) is 106 cm³/mol. The van der Waals surface area contributed by atoms with Crippen LogP contribution in [-0.2, 0) is 6.54 Å². The van der Waals surface area contributed by atoms with E-state index in [4.69, 9.17) is 5.26 Å². The molecule has 0 aliphatic carbocycles. The van der Waals surface area contributed by atoms with Gasteiger partial charge in [0.05, 0.1) is 23.5 Å². The van der Waals surface area contributed by atoms with Crippen LogP contribution >= 0.6 is 0 Å². The van der Waals surface area contributed by atoms with Crippen molar-refractivity contribution in [1.29, 1.82) is 5.26 Å². The molecule has 3 aromatic rings. The number of carbonyl (C=O) groups excluding carboxylic acids is 2. The molecule has 2 aromatic heterocycles. The van der Waals surface area contributed by atoms with Crippen molar-refractivity contribution in [1.82, 2.24) is 25.4 Å². The average Bonchev–Trinajstić information content (AvgIpc) is 3.21. The summed E-state index contributed by atoms with van der Waals surface area (Å²) >= 11 is 0. The number of carbonyl (C=O) groups is 2. The summed E-state index contributed by atoms with van der Waals surface area (Å²) in [5.41, 5.74) is 2.44. The fraction of sp³-hybridized carbons (Fsp3) is 0.190. The van der Waals surface area contributed by atoms with Gasteiger partial charge < -0.3 is 10.6 Å². The molecule has 146 valence electrons. The van der Waals surface area contributed by atoms with Crippen LogP contribution in [0, 0.1) is 11.3 Å². The first kappa shape index (κ1) is 19.8. The van der Waals surface area contributed by atoms with Gasteiger partial charge >= 0.3 is 0 Å². The van der Waals surface area contributed by atoms with Crippen molar-refractivity contribution >= 4 is 11.8 Å². The molecule has 0 spiro atoms. The number of hydrogen-bond donors (Lipinski definition) is 2. The zero-order chi connectivity index (χ0) is 20.8. The summed E-state index contributed by atoms with van der Waals surface area (Å²) in [5.74, 6) is -0.709. The van der Waals surface area contributed by atoms with Gasteiger partial charge in [0, 0.05) is 24.3 Å². The van der Waals surface area contributed by atoms with Gasteiger partial charge in [0.1, 0.15) is 11.4 Å². The topological polar surface area (TPSA) is 113 Å². The number of nitrogens with zero attached hydrogens (tertiary/aromatic N) is 4. The van der Waals surface area contributed by atoms with Gasteiger partial charge in [0.15, 0.2) is 0 Å². The van der Waals surface area contributed by atoms with Gasteiger partial charge in [-0.05, 0) is 44.2 Å². The van der Waals surface area contributed by atoms with E-state index >= 15 is 0 Å². The highest BCUT2D eigenvalue weighted by Gasteiger charge is 2.13. The maximum atomic E-state index is 12.4. The smallest absolute Gasteiger partial charge is 0.270 e. The van der Waals surface area contributed by atoms with Gasteiger partial charge in [-0.15, -0.1) is 0 Å². The standard InChI is InChI=1S/C21H20N6O2/c1-14(2)25-21(29)19-8-4-7-18(26-19)20(28)23-11-16-12-24-27(13-16)17-6-3-5-15(9-17)10-22/h3-9,12-14H,11H2,1-2H3,(H,23,28)(H,25,29). The Bertz CT molecular complexity index is 1080. The molecule has 29 heavy (non-hydrogen) atoms. The Labute approximate surface area is 168 Å². The Morgan fingerprint density at radius 2 is 1.86 bits per heavy atom. The quantitative estimate of drug-likeness (QED) is 0.672. The number of nitrogens with one attached hydrogen (secondary N) is 2. The second kappa shape index (κ2) is 8.80. The van der Waals surface area contributed by atoms with Gasteiger partial charge in [-0.2, -0.15) is 10.4 Å². The van der Waals surface area contributed by atoms with Crippen molar-refractivity contribution in [2.75, 3.05) is 0 Å². The van der Waals surface area contributed by atoms with Crippen LogP contribution in [0.15, 0.2) is 54.9 Å². The lowest BCUT2D eigenvalue weighted by molar-refractivity contribution is 0.0936. The number of benzene rings is 1. The van der Waals surface area contributed by atoms with E-state index in [0.29, 0.717) is 5.56 Å². The summed E-state index contributed by atoms with van der Waals surface area (Å²) < 4.78 is 1.64. The summed E-state index contributed by atoms with van der Waals surface area (Å²) in [4.78, 5) is 28.6. The zero-order valence-electron chi connectivity index (χ0n) is 16.1. The summed E-state index contributed by atoms with van der Waals surface area (Å²) in [6, 6.07) is 13.9. The van der Waals surface area contributed by atoms with E-state index in [1.807, 2.05) is 19.9 Å². The van der Waals surface area contributed by atoms with E-state index in [9.17, 15) is 9.59 Å². The molecule has 0 saturated heterocycles. The lowest BCUT2D eigenvalue weighted by Crippen LogP contribution is -2.31. The Balaban J connectivity index is 1.65. The molecule has 0 aliphatic rings. The summed E-state index contributed by atoms with van der Waals surface area (Å²) in [6.07, 6.45) is 3.41. The molecule has 1 aromatic carbocycles. The number of nitriles is 1. The number of hydrogen-bond acceptors (Lipinski definition) is 5. The fourth-order valence-electron chi connectivity index (χ4n) is 2.61. The third-order valence-corrected chi connectivity index (χ3v) is 3.96. The number of rotatable bonds is 6. The van der Waals surface area contributed by atoms with Crippen molar-refractivity contribution < 1.29 is 9.59 Å². The monoisotopic (exact) mass is 388 g/mol. The first-order valence-corrected chi connectivity index (χ1v) is 9.06. The first-order valence-electron chi connectivity index (χ1n) is 9.06. The minimum absolute atomic E-state index is 0.0211. The summed E-state index contributed by atoms with van der Waals surface area (Å²) in [6.45, 7) is 3.96. The van der Waals surface area contributed by atoms with E-state index in [1.54, 1.807) is 53.5 Å². The molecule has 2 heterocycles. The third-order valence-electron chi connectivity index (χ3n) is 3.96. The fourth-order valence-corrected chi connectivity index (χ4v) is 2.61. The Morgan fingerprint density at radius 3 is 2.59 bits per heavy atom. The third kappa shape index (κ3) is 5.05. The van der Waals surface area contributed by atoms with Crippen LogP contribution in [-0.4, -0.2) is 32.6 Å². The van der Waals surface area contributed by atoms with Crippen molar-refractivity contribution in [2.24, 2.45) is 0 Å². The lowest BCUT2D eigenvalue weighted by Gasteiger charge is -2.08. The highest BCUT2D eigenvalue weighted by Crippen LogP contribution is 2.11. The average molecular weight is 388 g/mol. The highest BCUT2D eigenvalue weighted by atomic mass is 16.2. The second-order valence-electron chi connectivity index (χ2n) is 6.67. The van der Waals surface area contributed by atoms with Crippen molar-refractivity contribution in [3.8, 4) is 11.8 Å². The normalized spacial score (nSPS) is 10.4. The summed E-state index contributed by atoms with van der Waals surface area (Å²) in [7, 11) is 0. The Kier molecular flexibility index (Phi) is 6.00. The maximum Gasteiger partial charge on any atom is 0.270 e. The molecule has 0 fully saturated rings. The Hall–Kier alpha value is -3.99. The molecule has 0 unspecified atom stereocenters. The van der Waals surface area contributed by atoms with Gasteiger partial charge in [-0.1, -0.05) is 12.1 Å². The molecule has 0 atom stereocenters. The molecule has 0 radical (unpaired) electrons. The van der Waals surface area contributed by atoms with E-state index in [2.05, 4.69) is 26.8 Å². The van der Waals surface area contributed by atoms with Crippen LogP contribution in [0.2, 0.25) is 0 Å². The SMILES string of the molecule is CC(C)NC(=O)c1cccc(C(=O)NCc2cnn(-c3cccc(C#N)c3)c2)n1. The number of pyridine rings is 1. The van der Waals surface area contributed by atoms with Gasteiger partial charge in [0.2, 0.25) is 0 Å². The van der Waals surface area contributed by atoms with Crippen LogP contribution in [0.25, 0.3) is 5.69 Å². The van der Waals surface area contributed by atoms with Gasteiger partial charge in [-0.3, -0.25) is 9.59 Å². The molecule has 0 bridgehead atoms. The van der Waals surface area contributed by atoms with E-state index < -0.39 is 0 Å². The first-order chi connectivity index (χ1) is 14.0. The highest BCUT2D eigenvalue weighted by molar-refractivity contribution is 5.96. The molecule has 0 saturated carbocycles. The largest absolute Gasteiger partial charge is 0.349 e. The predicted octanol–water partition coefficient (Wildman–Crippen LogP) is 2.21. The molecule has 8 nitrogen and oxygen atoms in total. The molecule has 2 amide bonds. The Morgan fingerprint density at radius 1 is 1.14 bits per heavy atom. The molecule has 2 N–H and O–H groups in total. The second-order valence-corrected chi connectivity index (χ2v) is 6.67. The summed E-state index contributed by atoms with van der Waals surface area (Å²) in [5, 5.41) is 18.8. The minimum Gasteiger partial charge on any atom is -0.349 e. The van der Waals surface area contributed by atoms with Crippen molar-refractivity contribution in [2.45, 2.75) is 26.4 Å². The zero-order valence-corrected chi connectivity index (χ0v) is 16.1. The molecule has 8 heteroatoms. The number of aromatic nitrogens is 3. The van der Waals surface area contributed by atoms with Crippen LogP contribution in [0.5, 0.6) is 0 Å². The van der Waals surface area contributed by atoms with Crippen molar-refractivity contribution in [3.63, 3.8) is 0 Å². The van der Waals surface area contributed by atoms with Crippen LogP contribution < -0.4 is 10.6 Å². The van der Waals surface area contributed by atoms with E-state index in [0.717, 1.165) is 11.3 Å². The molecule has 0 aliphatic heterocycles. The van der Waals surface area contributed by atoms with Crippen LogP contribution in [0.1, 0.15) is 46.0 Å². The minimum atomic E-state index is -0.386. The lowest BCUT2D eigenvalue weighted by atomic mass is 10.2. The van der Waals surface area contributed by atoms with Crippen LogP contribution in [0.3, 0.4) is 0 Å². The van der Waals surface area contributed by atoms with Gasteiger partial charge in [-0.25, -0.2) is 9.67 Å². The van der Waals surface area contributed by atoms with Gasteiger partial charge in [0.25, 0.3) is 11.8 Å². The molecular formula is C21H20N6O2.